The molecule has 0 aliphatic heterocycles. The Hall–Kier alpha value is -4.95. The fourth-order valence-corrected chi connectivity index (χ4v) is 3.20. The second-order valence-corrected chi connectivity index (χ2v) is 7.19. The number of benzene rings is 2. The van der Waals surface area contributed by atoms with Crippen LogP contribution in [0, 0.1) is 63.1 Å². The van der Waals surface area contributed by atoms with Crippen molar-refractivity contribution in [2.24, 2.45) is 0 Å². The molecule has 0 spiro atoms. The van der Waals surface area contributed by atoms with E-state index in [9.17, 15) is 42.5 Å². The van der Waals surface area contributed by atoms with Crippen LogP contribution in [0.4, 0.5) is 27.6 Å². The van der Waals surface area contributed by atoms with E-state index < -0.39 is 57.4 Å². The summed E-state index contributed by atoms with van der Waals surface area (Å²) in [5.74, 6) is -13.9. The molecular weight excluding hydrogens is 493 g/mol. The lowest BCUT2D eigenvalue weighted by Gasteiger charge is -2.20. The summed E-state index contributed by atoms with van der Waals surface area (Å²) in [5, 5.41) is 29.7. The Morgan fingerprint density at radius 3 is 1.84 bits per heavy atom. The fourth-order valence-electron chi connectivity index (χ4n) is 3.20. The molecule has 0 aromatic heterocycles. The largest absolute Gasteiger partial charge is 0.372 e. The molecule has 0 radical (unpaired) electrons. The maximum absolute atomic E-state index is 14.0. The van der Waals surface area contributed by atoms with Gasteiger partial charge in [0, 0.05) is 18.8 Å². The van der Waals surface area contributed by atoms with Crippen molar-refractivity contribution in [3.05, 3.63) is 93.5 Å². The van der Waals surface area contributed by atoms with Crippen LogP contribution in [0.3, 0.4) is 0 Å². The number of rotatable bonds is 8. The zero-order valence-corrected chi connectivity index (χ0v) is 19.5. The number of amides is 1. The highest BCUT2D eigenvalue weighted by molar-refractivity contribution is 5.97. The molecule has 0 aliphatic rings. The number of nitrogens with one attached hydrogen (secondary N) is 1. The molecule has 0 saturated carbocycles. The Labute approximate surface area is 209 Å². The van der Waals surface area contributed by atoms with Crippen LogP contribution >= 0.6 is 0 Å². The molecule has 11 heteroatoms. The predicted molar refractivity (Wildman–Crippen MR) is 125 cm³/mol. The molecule has 0 atom stereocenters. The van der Waals surface area contributed by atoms with E-state index in [4.69, 9.17) is 0 Å². The van der Waals surface area contributed by atoms with Gasteiger partial charge in [0.15, 0.2) is 28.8 Å². The molecule has 37 heavy (non-hydrogen) atoms. The highest BCUT2D eigenvalue weighted by atomic mass is 19.2. The standard InChI is InChI=1S/C26H18F5N5O/c1-3-36(4-2)18-10-8-15(9-11-18)6-5-7-16(12-32)25(17(13-33)14-34)35-26(37)19-20(27)22(29)24(31)23(30)21(19)28/h5-11H,3-4H2,1-2H3,(H,35,37)/b6-5+,16-7+. The number of nitrogens with zero attached hydrogens (tertiary/aromatic N) is 4. The number of hydrogen-bond donors (Lipinski definition) is 1. The van der Waals surface area contributed by atoms with E-state index in [1.165, 1.54) is 18.2 Å². The lowest BCUT2D eigenvalue weighted by molar-refractivity contribution is 0.0955. The van der Waals surface area contributed by atoms with E-state index in [1.54, 1.807) is 29.6 Å². The van der Waals surface area contributed by atoms with Gasteiger partial charge in [0.05, 0.1) is 11.3 Å². The number of halogens is 5. The average molecular weight is 511 g/mol. The first-order chi connectivity index (χ1) is 17.6. The Bertz CT molecular complexity index is 1370. The molecule has 0 aliphatic carbocycles. The molecule has 188 valence electrons. The maximum atomic E-state index is 14.0. The molecule has 2 aromatic rings. The summed E-state index contributed by atoms with van der Waals surface area (Å²) < 4.78 is 68.4. The zero-order chi connectivity index (χ0) is 27.7. The van der Waals surface area contributed by atoms with Crippen LogP contribution in [-0.4, -0.2) is 19.0 Å². The first kappa shape index (κ1) is 28.3. The smallest absolute Gasteiger partial charge is 0.261 e. The molecule has 2 aromatic carbocycles. The van der Waals surface area contributed by atoms with Gasteiger partial charge >= 0.3 is 0 Å². The normalized spacial score (nSPS) is 10.9. The van der Waals surface area contributed by atoms with Crippen molar-refractivity contribution in [3.63, 3.8) is 0 Å². The monoisotopic (exact) mass is 511 g/mol. The van der Waals surface area contributed by atoms with E-state index in [1.807, 2.05) is 26.0 Å². The minimum Gasteiger partial charge on any atom is -0.372 e. The number of hydrogen-bond acceptors (Lipinski definition) is 5. The van der Waals surface area contributed by atoms with Gasteiger partial charge in [0.25, 0.3) is 5.91 Å². The van der Waals surface area contributed by atoms with E-state index in [0.29, 0.717) is 5.56 Å². The Morgan fingerprint density at radius 1 is 0.865 bits per heavy atom. The van der Waals surface area contributed by atoms with Crippen LogP contribution in [0.5, 0.6) is 0 Å². The van der Waals surface area contributed by atoms with Crippen molar-refractivity contribution in [3.8, 4) is 18.2 Å². The first-order valence-electron chi connectivity index (χ1n) is 10.7. The number of allylic oxidation sites excluding steroid dienone is 4. The van der Waals surface area contributed by atoms with E-state index >= 15 is 0 Å². The molecule has 0 saturated heterocycles. The molecule has 0 fully saturated rings. The van der Waals surface area contributed by atoms with Crippen molar-refractivity contribution >= 4 is 17.7 Å². The van der Waals surface area contributed by atoms with E-state index in [2.05, 4.69) is 4.90 Å². The van der Waals surface area contributed by atoms with Crippen molar-refractivity contribution < 1.29 is 26.7 Å². The minimum atomic E-state index is -2.47. The number of anilines is 1. The fraction of sp³-hybridized carbons (Fsp3) is 0.154. The summed E-state index contributed by atoms with van der Waals surface area (Å²) in [6.45, 7) is 5.65. The highest BCUT2D eigenvalue weighted by Crippen LogP contribution is 2.24. The molecular formula is C26H18F5N5O. The van der Waals surface area contributed by atoms with Crippen molar-refractivity contribution in [1.29, 1.82) is 15.8 Å². The lowest BCUT2D eigenvalue weighted by Crippen LogP contribution is -2.28. The van der Waals surface area contributed by atoms with Crippen LogP contribution in [0.2, 0.25) is 0 Å². The summed E-state index contributed by atoms with van der Waals surface area (Å²) in [6, 6.07) is 11.8. The highest BCUT2D eigenvalue weighted by Gasteiger charge is 2.30. The van der Waals surface area contributed by atoms with E-state index in [-0.39, 0.29) is 0 Å². The summed E-state index contributed by atoms with van der Waals surface area (Å²) in [5.41, 5.74) is -2.26. The average Bonchev–Trinajstić information content (AvgIpc) is 2.90. The second kappa shape index (κ2) is 12.7. The zero-order valence-electron chi connectivity index (χ0n) is 19.5. The minimum absolute atomic E-state index is 0.494. The summed E-state index contributed by atoms with van der Waals surface area (Å²) in [4.78, 5) is 14.6. The van der Waals surface area contributed by atoms with Crippen molar-refractivity contribution in [2.75, 3.05) is 18.0 Å². The van der Waals surface area contributed by atoms with Crippen molar-refractivity contribution in [2.45, 2.75) is 13.8 Å². The quantitative estimate of drug-likeness (QED) is 0.168. The summed E-state index contributed by atoms with van der Waals surface area (Å²) >= 11 is 0. The molecule has 2 rings (SSSR count). The third kappa shape index (κ3) is 6.19. The Kier molecular flexibility index (Phi) is 9.68. The third-order valence-electron chi connectivity index (χ3n) is 5.11. The Balaban J connectivity index is 2.45. The molecule has 0 unspecified atom stereocenters. The SMILES string of the molecule is CCN(CC)c1ccc(/C=C/C=C(\C#N)C(NC(=O)c2c(F)c(F)c(F)c(F)c2F)=C(C#N)C#N)cc1. The molecule has 1 N–H and O–H groups in total. The molecule has 1 amide bonds. The van der Waals surface area contributed by atoms with Gasteiger partial charge in [0.1, 0.15) is 23.8 Å². The topological polar surface area (TPSA) is 104 Å². The van der Waals surface area contributed by atoms with Gasteiger partial charge in [-0.15, -0.1) is 0 Å². The first-order valence-corrected chi connectivity index (χ1v) is 10.7. The summed E-state index contributed by atoms with van der Waals surface area (Å²) in [6.07, 6.45) is 4.01. The molecule has 6 nitrogen and oxygen atoms in total. The van der Waals surface area contributed by atoms with Gasteiger partial charge in [-0.1, -0.05) is 24.3 Å². The number of carbonyl (C=O) groups excluding carboxylic acids is 1. The van der Waals surface area contributed by atoms with Crippen LogP contribution in [0.25, 0.3) is 6.08 Å². The van der Waals surface area contributed by atoms with Crippen molar-refractivity contribution in [1.82, 2.24) is 5.32 Å². The second-order valence-electron chi connectivity index (χ2n) is 7.19. The van der Waals surface area contributed by atoms with E-state index in [0.717, 1.165) is 24.9 Å². The van der Waals surface area contributed by atoms with Gasteiger partial charge in [-0.25, -0.2) is 22.0 Å². The van der Waals surface area contributed by atoms with Gasteiger partial charge in [0.2, 0.25) is 5.82 Å². The van der Waals surface area contributed by atoms with Crippen LogP contribution in [-0.2, 0) is 0 Å². The predicted octanol–water partition coefficient (Wildman–Crippen LogP) is 5.42. The van der Waals surface area contributed by atoms with Gasteiger partial charge in [-0.3, -0.25) is 4.79 Å². The van der Waals surface area contributed by atoms with Crippen LogP contribution in [0.15, 0.2) is 53.3 Å². The van der Waals surface area contributed by atoms with Gasteiger partial charge < -0.3 is 10.2 Å². The molecule has 0 bridgehead atoms. The van der Waals surface area contributed by atoms with Gasteiger partial charge in [-0.05, 0) is 37.6 Å². The van der Waals surface area contributed by atoms with Gasteiger partial charge in [-0.2, -0.15) is 15.8 Å². The van der Waals surface area contributed by atoms with Crippen LogP contribution in [0.1, 0.15) is 29.8 Å². The Morgan fingerprint density at radius 2 is 1.38 bits per heavy atom. The molecule has 0 heterocycles. The number of nitriles is 3. The summed E-state index contributed by atoms with van der Waals surface area (Å²) in [7, 11) is 0. The number of carbonyl (C=O) groups is 1. The van der Waals surface area contributed by atoms with Crippen LogP contribution < -0.4 is 10.2 Å². The third-order valence-corrected chi connectivity index (χ3v) is 5.11. The maximum Gasteiger partial charge on any atom is 0.261 e. The lowest BCUT2D eigenvalue weighted by atomic mass is 10.1.